The van der Waals surface area contributed by atoms with Crippen molar-refractivity contribution in [3.05, 3.63) is 53.5 Å². The second kappa shape index (κ2) is 8.90. The van der Waals surface area contributed by atoms with Crippen LogP contribution in [0.5, 0.6) is 5.75 Å². The molecule has 2 saturated carbocycles. The molecule has 2 aliphatic carbocycles. The van der Waals surface area contributed by atoms with Crippen LogP contribution in [0, 0.1) is 23.2 Å². The summed E-state index contributed by atoms with van der Waals surface area (Å²) in [6.07, 6.45) is 5.24. The van der Waals surface area contributed by atoms with E-state index in [0.717, 1.165) is 30.8 Å². The predicted molar refractivity (Wildman–Crippen MR) is 132 cm³/mol. The Labute approximate surface area is 205 Å². The number of hydrogen-bond donors (Lipinski definition) is 1. The predicted octanol–water partition coefficient (Wildman–Crippen LogP) is 3.72. The number of carbonyl (C=O) groups excluding carboxylic acids is 1. The fourth-order valence-electron chi connectivity index (χ4n) is 5.22. The molecule has 1 aliphatic heterocycles. The van der Waals surface area contributed by atoms with Crippen LogP contribution in [0.3, 0.4) is 0 Å². The molecule has 0 saturated heterocycles. The molecule has 1 aromatic carbocycles. The van der Waals surface area contributed by atoms with Gasteiger partial charge in [-0.25, -0.2) is 9.79 Å². The molecule has 182 valence electrons. The molecule has 3 aliphatic rings. The van der Waals surface area contributed by atoms with E-state index in [1.165, 1.54) is 7.11 Å². The number of rotatable bonds is 7. The van der Waals surface area contributed by atoms with Crippen molar-refractivity contribution in [2.24, 2.45) is 16.8 Å². The van der Waals surface area contributed by atoms with Gasteiger partial charge >= 0.3 is 5.97 Å². The minimum Gasteiger partial charge on any atom is -0.497 e. The number of carbonyl (C=O) groups is 1. The zero-order valence-electron chi connectivity index (χ0n) is 20.3. The van der Waals surface area contributed by atoms with Crippen LogP contribution in [0.25, 0.3) is 5.57 Å². The molecule has 0 unspecified atom stereocenters. The molecule has 0 atom stereocenters. The molecule has 35 heavy (non-hydrogen) atoms. The van der Waals surface area contributed by atoms with Crippen molar-refractivity contribution in [2.75, 3.05) is 25.7 Å². The Balaban J connectivity index is 1.66. The first-order valence-corrected chi connectivity index (χ1v) is 12.0. The minimum absolute atomic E-state index is 0.257. The molecule has 2 heterocycles. The molecular weight excluding hydrogens is 444 g/mol. The number of esters is 1. The number of methoxy groups -OCH3 is 2. The van der Waals surface area contributed by atoms with Gasteiger partial charge < -0.3 is 24.0 Å². The van der Waals surface area contributed by atoms with Gasteiger partial charge in [0.15, 0.2) is 5.84 Å². The van der Waals surface area contributed by atoms with Crippen molar-refractivity contribution in [3.8, 4) is 11.8 Å². The third-order valence-electron chi connectivity index (χ3n) is 7.12. The van der Waals surface area contributed by atoms with E-state index in [1.54, 1.807) is 13.3 Å². The van der Waals surface area contributed by atoms with Gasteiger partial charge in [-0.15, -0.1) is 0 Å². The van der Waals surface area contributed by atoms with Gasteiger partial charge in [0.05, 0.1) is 36.8 Å². The topological polar surface area (TPSA) is 100 Å². The molecule has 5 rings (SSSR count). The van der Waals surface area contributed by atoms with Crippen LogP contribution < -0.4 is 9.64 Å². The molecule has 0 amide bonds. The number of nitriles is 1. The number of aliphatic imine (C=N–C) groups is 1. The smallest absolute Gasteiger partial charge is 0.340 e. The Bertz CT molecular complexity index is 1250. The van der Waals surface area contributed by atoms with Crippen molar-refractivity contribution in [3.63, 3.8) is 0 Å². The fourth-order valence-corrected chi connectivity index (χ4v) is 5.22. The Morgan fingerprint density at radius 2 is 1.97 bits per heavy atom. The SMILES string of the molecule is COC(=O)C1=CN=C(c2ccc(C#N)n2CC2CC2)N(CC2CC(C)(O)C2)c2ccc(OC)cc21. The van der Waals surface area contributed by atoms with E-state index >= 15 is 0 Å². The third kappa shape index (κ3) is 4.44. The molecule has 0 spiro atoms. The van der Waals surface area contributed by atoms with Gasteiger partial charge in [0, 0.05) is 24.9 Å². The van der Waals surface area contributed by atoms with E-state index in [9.17, 15) is 15.2 Å². The number of aromatic nitrogens is 1. The largest absolute Gasteiger partial charge is 0.497 e. The fraction of sp³-hybridized carbons (Fsp3) is 0.444. The zero-order valence-corrected chi connectivity index (χ0v) is 20.3. The first-order chi connectivity index (χ1) is 16.8. The Morgan fingerprint density at radius 1 is 1.20 bits per heavy atom. The van der Waals surface area contributed by atoms with E-state index in [1.807, 2.05) is 41.8 Å². The van der Waals surface area contributed by atoms with Gasteiger partial charge in [0.25, 0.3) is 0 Å². The Morgan fingerprint density at radius 3 is 2.60 bits per heavy atom. The molecule has 8 heteroatoms. The summed E-state index contributed by atoms with van der Waals surface area (Å²) in [6.45, 7) is 3.24. The molecule has 1 aromatic heterocycles. The summed E-state index contributed by atoms with van der Waals surface area (Å²) in [5.41, 5.74) is 2.58. The van der Waals surface area contributed by atoms with Crippen molar-refractivity contribution < 1.29 is 19.4 Å². The second-order valence-corrected chi connectivity index (χ2v) is 10.0. The number of ether oxygens (including phenoxy) is 2. The Hall–Kier alpha value is -3.57. The number of amidine groups is 1. The molecule has 8 nitrogen and oxygen atoms in total. The molecular formula is C27H30N4O4. The van der Waals surface area contributed by atoms with Crippen molar-refractivity contribution >= 4 is 23.1 Å². The molecule has 1 N–H and O–H groups in total. The lowest BCUT2D eigenvalue weighted by Gasteiger charge is -2.43. The second-order valence-electron chi connectivity index (χ2n) is 10.0. The van der Waals surface area contributed by atoms with E-state index in [2.05, 4.69) is 11.0 Å². The summed E-state index contributed by atoms with van der Waals surface area (Å²) in [7, 11) is 2.94. The monoisotopic (exact) mass is 474 g/mol. The van der Waals surface area contributed by atoms with E-state index in [4.69, 9.17) is 14.5 Å². The van der Waals surface area contributed by atoms with Gasteiger partial charge in [-0.1, -0.05) is 0 Å². The van der Waals surface area contributed by atoms with Crippen molar-refractivity contribution in [1.82, 2.24) is 4.57 Å². The quantitative estimate of drug-likeness (QED) is 0.614. The van der Waals surface area contributed by atoms with Crippen LogP contribution in [0.4, 0.5) is 5.69 Å². The van der Waals surface area contributed by atoms with Crippen LogP contribution in [0.2, 0.25) is 0 Å². The highest BCUT2D eigenvalue weighted by Gasteiger charge is 2.41. The van der Waals surface area contributed by atoms with Gasteiger partial charge in [0.1, 0.15) is 17.5 Å². The number of benzene rings is 1. The van der Waals surface area contributed by atoms with E-state index < -0.39 is 11.6 Å². The summed E-state index contributed by atoms with van der Waals surface area (Å²) in [4.78, 5) is 19.7. The number of nitrogens with zero attached hydrogens (tertiary/aromatic N) is 4. The third-order valence-corrected chi connectivity index (χ3v) is 7.12. The van der Waals surface area contributed by atoms with Gasteiger partial charge in [-0.2, -0.15) is 5.26 Å². The van der Waals surface area contributed by atoms with Gasteiger partial charge in [-0.3, -0.25) is 0 Å². The first kappa shape index (κ1) is 23.2. The standard InChI is InChI=1S/C27H30N4O4/c1-27(33)11-18(12-27)16-31-23-9-7-20(34-2)10-21(23)22(26(32)35-3)14-29-25(31)24-8-6-19(13-28)30(24)15-17-4-5-17/h6-10,14,17-18,33H,4-5,11-12,15-16H2,1-3H3. The van der Waals surface area contributed by atoms with E-state index in [0.29, 0.717) is 53.7 Å². The maximum atomic E-state index is 12.8. The molecule has 2 fully saturated rings. The van der Waals surface area contributed by atoms with Crippen LogP contribution in [0.15, 0.2) is 41.5 Å². The number of hydrogen-bond acceptors (Lipinski definition) is 7. The molecule has 0 radical (unpaired) electrons. The highest BCUT2D eigenvalue weighted by atomic mass is 16.5. The lowest BCUT2D eigenvalue weighted by molar-refractivity contribution is -0.133. The highest BCUT2D eigenvalue weighted by Crippen LogP contribution is 2.41. The van der Waals surface area contributed by atoms with Crippen LogP contribution >= 0.6 is 0 Å². The van der Waals surface area contributed by atoms with Crippen LogP contribution in [0.1, 0.15) is 49.6 Å². The summed E-state index contributed by atoms with van der Waals surface area (Å²) >= 11 is 0. The zero-order chi connectivity index (χ0) is 24.7. The van der Waals surface area contributed by atoms with Crippen molar-refractivity contribution in [1.29, 1.82) is 5.26 Å². The summed E-state index contributed by atoms with van der Waals surface area (Å²) in [5.74, 6) is 1.63. The van der Waals surface area contributed by atoms with Gasteiger partial charge in [-0.05, 0) is 74.8 Å². The molecule has 0 bridgehead atoms. The Kier molecular flexibility index (Phi) is 5.89. The summed E-state index contributed by atoms with van der Waals surface area (Å²) in [6, 6.07) is 11.7. The van der Waals surface area contributed by atoms with Crippen molar-refractivity contribution in [2.45, 2.75) is 44.8 Å². The highest BCUT2D eigenvalue weighted by molar-refractivity contribution is 6.22. The summed E-state index contributed by atoms with van der Waals surface area (Å²) < 4.78 is 12.6. The van der Waals surface area contributed by atoms with Crippen LogP contribution in [-0.4, -0.2) is 47.8 Å². The normalized spacial score (nSPS) is 23.3. The lowest BCUT2D eigenvalue weighted by Crippen LogP contribution is -2.48. The average Bonchev–Trinajstić information content (AvgIpc) is 3.59. The average molecular weight is 475 g/mol. The van der Waals surface area contributed by atoms with E-state index in [-0.39, 0.29) is 5.92 Å². The minimum atomic E-state index is -0.661. The summed E-state index contributed by atoms with van der Waals surface area (Å²) in [5, 5.41) is 20.1. The number of fused-ring (bicyclic) bond motifs is 1. The van der Waals surface area contributed by atoms with Gasteiger partial charge in [0.2, 0.25) is 0 Å². The van der Waals surface area contributed by atoms with Crippen LogP contribution in [-0.2, 0) is 16.1 Å². The number of anilines is 1. The number of aliphatic hydroxyl groups is 1. The lowest BCUT2D eigenvalue weighted by atomic mass is 9.72. The molecule has 2 aromatic rings. The maximum Gasteiger partial charge on any atom is 0.340 e. The maximum absolute atomic E-state index is 12.8. The first-order valence-electron chi connectivity index (χ1n) is 12.0.